The molecule has 2 nitrogen and oxygen atoms in total. The maximum atomic E-state index is 12.7. The molecule has 0 bridgehead atoms. The number of halogens is 2. The van der Waals surface area contributed by atoms with E-state index in [1.54, 1.807) is 0 Å². The van der Waals surface area contributed by atoms with Crippen LogP contribution in [0.5, 0.6) is 0 Å². The van der Waals surface area contributed by atoms with E-state index in [4.69, 9.17) is 0 Å². The molecule has 0 saturated heterocycles. The standard InChI is InChI=1S/C9H16F2O2S/c1-8(12)13-7-5-3-4-6-9(10,11)14-2/h3-7H2,1-2H3. The maximum Gasteiger partial charge on any atom is 0.302 e. The van der Waals surface area contributed by atoms with Crippen LogP contribution in [0.3, 0.4) is 0 Å². The fourth-order valence-corrected chi connectivity index (χ4v) is 1.28. The van der Waals surface area contributed by atoms with Crippen LogP contribution in [0.1, 0.15) is 32.6 Å². The number of esters is 1. The average molecular weight is 226 g/mol. The second kappa shape index (κ2) is 7.04. The Hall–Kier alpha value is -0.320. The highest BCUT2D eigenvalue weighted by molar-refractivity contribution is 7.99. The lowest BCUT2D eigenvalue weighted by molar-refractivity contribution is -0.141. The molecule has 0 radical (unpaired) electrons. The predicted octanol–water partition coefficient (Wildman–Crippen LogP) is 3.07. The highest BCUT2D eigenvalue weighted by Gasteiger charge is 2.25. The van der Waals surface area contributed by atoms with Crippen molar-refractivity contribution in [1.29, 1.82) is 0 Å². The van der Waals surface area contributed by atoms with Gasteiger partial charge in [-0.05, 0) is 25.5 Å². The van der Waals surface area contributed by atoms with E-state index < -0.39 is 5.25 Å². The first-order chi connectivity index (χ1) is 6.48. The third-order valence-electron chi connectivity index (χ3n) is 1.72. The smallest absolute Gasteiger partial charge is 0.302 e. The fraction of sp³-hybridized carbons (Fsp3) is 0.889. The van der Waals surface area contributed by atoms with Crippen LogP contribution in [-0.2, 0) is 9.53 Å². The van der Waals surface area contributed by atoms with Crippen molar-refractivity contribution in [1.82, 2.24) is 0 Å². The Bertz CT molecular complexity index is 174. The molecule has 0 aromatic carbocycles. The molecule has 0 saturated carbocycles. The third kappa shape index (κ3) is 8.29. The van der Waals surface area contributed by atoms with Gasteiger partial charge in [0.2, 0.25) is 0 Å². The Morgan fingerprint density at radius 2 is 2.00 bits per heavy atom. The van der Waals surface area contributed by atoms with Crippen molar-refractivity contribution in [2.75, 3.05) is 12.9 Å². The molecular weight excluding hydrogens is 210 g/mol. The second-order valence-electron chi connectivity index (χ2n) is 2.99. The van der Waals surface area contributed by atoms with Crippen LogP contribution in [0, 0.1) is 0 Å². The summed E-state index contributed by atoms with van der Waals surface area (Å²) in [5, 5.41) is -2.61. The summed E-state index contributed by atoms with van der Waals surface area (Å²) in [6.07, 6.45) is 3.09. The van der Waals surface area contributed by atoms with Crippen molar-refractivity contribution in [3.8, 4) is 0 Å². The predicted molar refractivity (Wildman–Crippen MR) is 53.6 cm³/mol. The molecule has 0 aliphatic heterocycles. The quantitative estimate of drug-likeness (QED) is 0.493. The van der Waals surface area contributed by atoms with Gasteiger partial charge in [-0.1, -0.05) is 11.8 Å². The van der Waals surface area contributed by atoms with Crippen LogP contribution in [0.25, 0.3) is 0 Å². The zero-order valence-corrected chi connectivity index (χ0v) is 9.33. The van der Waals surface area contributed by atoms with E-state index in [1.165, 1.54) is 13.2 Å². The molecule has 0 fully saturated rings. The molecular formula is C9H16F2O2S. The number of alkyl halides is 2. The van der Waals surface area contributed by atoms with Gasteiger partial charge in [0.1, 0.15) is 0 Å². The molecule has 0 unspecified atom stereocenters. The molecule has 0 heterocycles. The van der Waals surface area contributed by atoms with Crippen molar-refractivity contribution >= 4 is 17.7 Å². The van der Waals surface area contributed by atoms with Crippen LogP contribution >= 0.6 is 11.8 Å². The number of hydrogen-bond donors (Lipinski definition) is 0. The van der Waals surface area contributed by atoms with E-state index in [1.807, 2.05) is 0 Å². The molecule has 14 heavy (non-hydrogen) atoms. The van der Waals surface area contributed by atoms with E-state index in [0.29, 0.717) is 37.6 Å². The van der Waals surface area contributed by atoms with Crippen molar-refractivity contribution in [2.24, 2.45) is 0 Å². The summed E-state index contributed by atoms with van der Waals surface area (Å²) >= 11 is 0.577. The first kappa shape index (κ1) is 13.7. The van der Waals surface area contributed by atoms with E-state index in [-0.39, 0.29) is 12.4 Å². The summed E-state index contributed by atoms with van der Waals surface area (Å²) < 4.78 is 30.0. The number of carbonyl (C=O) groups is 1. The summed E-state index contributed by atoms with van der Waals surface area (Å²) in [5.41, 5.74) is 0. The van der Waals surface area contributed by atoms with Crippen molar-refractivity contribution < 1.29 is 18.3 Å². The fourth-order valence-electron chi connectivity index (χ4n) is 0.928. The summed E-state index contributed by atoms with van der Waals surface area (Å²) in [6.45, 7) is 1.67. The van der Waals surface area contributed by atoms with Crippen molar-refractivity contribution in [3.63, 3.8) is 0 Å². The SMILES string of the molecule is CSC(F)(F)CCCCCOC(C)=O. The molecule has 0 aromatic heterocycles. The first-order valence-electron chi connectivity index (χ1n) is 4.54. The third-order valence-corrected chi connectivity index (χ3v) is 2.52. The molecule has 0 spiro atoms. The van der Waals surface area contributed by atoms with Gasteiger partial charge in [-0.25, -0.2) is 0 Å². The zero-order valence-electron chi connectivity index (χ0n) is 8.52. The Labute approximate surface area is 87.4 Å². The van der Waals surface area contributed by atoms with Crippen molar-refractivity contribution in [3.05, 3.63) is 0 Å². The Morgan fingerprint density at radius 3 is 2.50 bits per heavy atom. The number of ether oxygens (including phenoxy) is 1. The van der Waals surface area contributed by atoms with E-state index in [9.17, 15) is 13.6 Å². The lowest BCUT2D eigenvalue weighted by Crippen LogP contribution is -2.09. The second-order valence-corrected chi connectivity index (χ2v) is 4.00. The molecule has 0 aliphatic rings. The maximum absolute atomic E-state index is 12.7. The topological polar surface area (TPSA) is 26.3 Å². The zero-order chi connectivity index (χ0) is 11.0. The molecule has 0 N–H and O–H groups in total. The lowest BCUT2D eigenvalue weighted by Gasteiger charge is -2.12. The van der Waals surface area contributed by atoms with Crippen LogP contribution in [-0.4, -0.2) is 24.1 Å². The van der Waals surface area contributed by atoms with Gasteiger partial charge in [0, 0.05) is 13.3 Å². The Kier molecular flexibility index (Phi) is 6.87. The van der Waals surface area contributed by atoms with Crippen LogP contribution in [0.4, 0.5) is 8.78 Å². The number of unbranched alkanes of at least 4 members (excludes halogenated alkanes) is 2. The van der Waals surface area contributed by atoms with Crippen molar-refractivity contribution in [2.45, 2.75) is 37.9 Å². The minimum atomic E-state index is -2.61. The largest absolute Gasteiger partial charge is 0.466 e. The molecule has 0 rings (SSSR count). The van der Waals surface area contributed by atoms with Gasteiger partial charge in [-0.15, -0.1) is 0 Å². The van der Waals surface area contributed by atoms with Gasteiger partial charge in [-0.3, -0.25) is 4.79 Å². The molecule has 0 atom stereocenters. The number of hydrogen-bond acceptors (Lipinski definition) is 3. The summed E-state index contributed by atoms with van der Waals surface area (Å²) in [6, 6.07) is 0. The van der Waals surface area contributed by atoms with Gasteiger partial charge in [-0.2, -0.15) is 8.78 Å². The summed E-state index contributed by atoms with van der Waals surface area (Å²) in [4.78, 5) is 10.3. The molecule has 84 valence electrons. The highest BCUT2D eigenvalue weighted by Crippen LogP contribution is 2.31. The average Bonchev–Trinajstić information content (AvgIpc) is 2.10. The van der Waals surface area contributed by atoms with Gasteiger partial charge < -0.3 is 4.74 Å². The summed E-state index contributed by atoms with van der Waals surface area (Å²) in [5.74, 6) is -0.320. The minimum absolute atomic E-state index is 0.103. The molecule has 0 aromatic rings. The minimum Gasteiger partial charge on any atom is -0.466 e. The number of rotatable bonds is 7. The van der Waals surface area contributed by atoms with E-state index in [0.717, 1.165) is 0 Å². The lowest BCUT2D eigenvalue weighted by atomic mass is 10.2. The highest BCUT2D eigenvalue weighted by atomic mass is 32.2. The molecule has 0 amide bonds. The molecule has 0 aliphatic carbocycles. The van der Waals surface area contributed by atoms with E-state index >= 15 is 0 Å². The Balaban J connectivity index is 3.25. The van der Waals surface area contributed by atoms with Gasteiger partial charge in [0.15, 0.2) is 0 Å². The van der Waals surface area contributed by atoms with Gasteiger partial charge in [0.05, 0.1) is 6.61 Å². The number of thioether (sulfide) groups is 1. The Morgan fingerprint density at radius 1 is 1.36 bits per heavy atom. The van der Waals surface area contributed by atoms with Crippen LogP contribution in [0.2, 0.25) is 0 Å². The number of carbonyl (C=O) groups excluding carboxylic acids is 1. The van der Waals surface area contributed by atoms with Gasteiger partial charge in [0.25, 0.3) is 5.25 Å². The van der Waals surface area contributed by atoms with E-state index in [2.05, 4.69) is 4.74 Å². The first-order valence-corrected chi connectivity index (χ1v) is 5.77. The monoisotopic (exact) mass is 226 g/mol. The van der Waals surface area contributed by atoms with Crippen LogP contribution in [0.15, 0.2) is 0 Å². The normalized spacial score (nSPS) is 11.4. The molecule has 5 heteroatoms. The summed E-state index contributed by atoms with van der Waals surface area (Å²) in [7, 11) is 0. The van der Waals surface area contributed by atoms with Gasteiger partial charge >= 0.3 is 5.97 Å². The van der Waals surface area contributed by atoms with Crippen LogP contribution < -0.4 is 0 Å².